The second kappa shape index (κ2) is 5.11. The molecule has 0 saturated carbocycles. The van der Waals surface area contributed by atoms with Crippen LogP contribution in [0, 0.1) is 0 Å². The third-order valence-electron chi connectivity index (χ3n) is 1.78. The molecule has 15 heavy (non-hydrogen) atoms. The number of rotatable bonds is 4. The van der Waals surface area contributed by atoms with Crippen molar-refractivity contribution in [2.45, 2.75) is 31.7 Å². The van der Waals surface area contributed by atoms with Crippen molar-refractivity contribution in [3.8, 4) is 0 Å². The monoisotopic (exact) mass is 228 g/mol. The maximum absolute atomic E-state index is 12.3. The number of carbonyl (C=O) groups excluding carboxylic acids is 1. The molecule has 0 N–H and O–H groups in total. The Morgan fingerprint density at radius 2 is 2.07 bits per heavy atom. The predicted molar refractivity (Wildman–Crippen MR) is 40.5 cm³/mol. The number of carbonyl (C=O) groups is 1. The lowest BCUT2D eigenvalue weighted by molar-refractivity contribution is -0.222. The maximum atomic E-state index is 12.3. The lowest BCUT2D eigenvalue weighted by Crippen LogP contribution is -2.40. The molecule has 2 atom stereocenters. The van der Waals surface area contributed by atoms with E-state index in [2.05, 4.69) is 9.47 Å². The molecule has 0 bridgehead atoms. The lowest BCUT2D eigenvalue weighted by atomic mass is 10.1. The van der Waals surface area contributed by atoms with Gasteiger partial charge in [-0.05, 0) is 0 Å². The Bertz CT molecular complexity index is 254. The molecule has 0 aromatic heterocycles. The molecule has 0 aromatic carbocycles. The summed E-state index contributed by atoms with van der Waals surface area (Å²) in [5.74, 6) is -0.463. The van der Waals surface area contributed by atoms with Crippen LogP contribution in [0.2, 0.25) is 0 Å². The fourth-order valence-electron chi connectivity index (χ4n) is 1.15. The molecule has 0 fully saturated rings. The molecule has 0 spiro atoms. The fraction of sp³-hybridized carbons (Fsp3) is 0.625. The van der Waals surface area contributed by atoms with Crippen LogP contribution in [0.15, 0.2) is 12.3 Å². The fourth-order valence-corrected chi connectivity index (χ4v) is 1.15. The highest BCUT2D eigenvalue weighted by Crippen LogP contribution is 2.21. The van der Waals surface area contributed by atoms with Crippen LogP contribution in [0.25, 0.3) is 0 Å². The Morgan fingerprint density at radius 3 is 2.53 bits per heavy atom. The summed E-state index contributed by atoms with van der Waals surface area (Å²) in [5.41, 5.74) is 0. The molecule has 3 nitrogen and oxygen atoms in total. The van der Waals surface area contributed by atoms with E-state index in [4.69, 9.17) is 0 Å². The number of hydrogen-bond acceptors (Lipinski definition) is 3. The zero-order chi connectivity index (χ0) is 11.4. The largest absolute Gasteiger partial charge is 0.494 e. The molecule has 86 valence electrons. The summed E-state index contributed by atoms with van der Waals surface area (Å²) < 4.78 is 56.5. The van der Waals surface area contributed by atoms with Gasteiger partial charge in [0.15, 0.2) is 11.9 Å². The summed E-state index contributed by atoms with van der Waals surface area (Å²) in [5, 5.41) is 0. The van der Waals surface area contributed by atoms with Gasteiger partial charge in [0.25, 0.3) is 6.43 Å². The van der Waals surface area contributed by atoms with Gasteiger partial charge in [0.05, 0.1) is 12.7 Å². The van der Waals surface area contributed by atoms with Gasteiger partial charge in [-0.25, -0.2) is 8.78 Å². The quantitative estimate of drug-likeness (QED) is 0.687. The minimum Gasteiger partial charge on any atom is -0.494 e. The second-order valence-electron chi connectivity index (χ2n) is 2.84. The van der Waals surface area contributed by atoms with Crippen molar-refractivity contribution >= 4 is 5.78 Å². The van der Waals surface area contributed by atoms with Gasteiger partial charge in [0.1, 0.15) is 6.10 Å². The summed E-state index contributed by atoms with van der Waals surface area (Å²) in [6, 6.07) is 0. The molecule has 1 rings (SSSR count). The average Bonchev–Trinajstić information content (AvgIpc) is 2.13. The highest BCUT2D eigenvalue weighted by atomic mass is 19.3. The summed E-state index contributed by atoms with van der Waals surface area (Å²) in [6.45, 7) is -3.33. The molecule has 0 aromatic rings. The Hall–Kier alpha value is -1.11. The third kappa shape index (κ3) is 3.50. The molecular formula is C8H8F4O3. The Kier molecular flexibility index (Phi) is 4.07. The van der Waals surface area contributed by atoms with E-state index < -0.39 is 37.4 Å². The van der Waals surface area contributed by atoms with E-state index in [1.165, 1.54) is 0 Å². The van der Waals surface area contributed by atoms with E-state index in [1.807, 2.05) is 0 Å². The maximum Gasteiger partial charge on any atom is 0.345 e. The van der Waals surface area contributed by atoms with Crippen molar-refractivity contribution < 1.29 is 31.8 Å². The standard InChI is InChI=1S/C8H8F4O3/c9-7(10)6(15-8(11)12)5-3-4(13)1-2-14-5/h1-2,5-8H,3H2. The first-order valence-electron chi connectivity index (χ1n) is 4.07. The topological polar surface area (TPSA) is 35.5 Å². The van der Waals surface area contributed by atoms with Gasteiger partial charge < -0.3 is 9.47 Å². The molecule has 0 saturated heterocycles. The van der Waals surface area contributed by atoms with Gasteiger partial charge in [-0.1, -0.05) is 0 Å². The number of alkyl halides is 4. The molecular weight excluding hydrogens is 220 g/mol. The minimum absolute atomic E-state index is 0.391. The van der Waals surface area contributed by atoms with Crippen LogP contribution in [0.5, 0.6) is 0 Å². The first-order valence-corrected chi connectivity index (χ1v) is 4.07. The van der Waals surface area contributed by atoms with Crippen molar-refractivity contribution in [3.63, 3.8) is 0 Å². The highest BCUT2D eigenvalue weighted by Gasteiger charge is 2.36. The number of hydrogen-bond donors (Lipinski definition) is 0. The smallest absolute Gasteiger partial charge is 0.345 e. The summed E-state index contributed by atoms with van der Waals surface area (Å²) in [6.07, 6.45) is -5.04. The van der Waals surface area contributed by atoms with Crippen LogP contribution in [-0.2, 0) is 14.3 Å². The van der Waals surface area contributed by atoms with E-state index in [9.17, 15) is 22.4 Å². The van der Waals surface area contributed by atoms with E-state index in [0.717, 1.165) is 12.3 Å². The average molecular weight is 228 g/mol. The predicted octanol–water partition coefficient (Wildman–Crippen LogP) is 1.73. The van der Waals surface area contributed by atoms with Crippen molar-refractivity contribution in [2.75, 3.05) is 0 Å². The summed E-state index contributed by atoms with van der Waals surface area (Å²) >= 11 is 0. The normalized spacial score (nSPS) is 23.3. The van der Waals surface area contributed by atoms with Gasteiger partial charge in [-0.3, -0.25) is 4.79 Å². The molecule has 1 aliphatic heterocycles. The first-order chi connectivity index (χ1) is 7.00. The Balaban J connectivity index is 2.63. The van der Waals surface area contributed by atoms with Crippen LogP contribution in [-0.4, -0.2) is 31.0 Å². The van der Waals surface area contributed by atoms with Crippen molar-refractivity contribution in [2.24, 2.45) is 0 Å². The van der Waals surface area contributed by atoms with E-state index in [-0.39, 0.29) is 0 Å². The van der Waals surface area contributed by atoms with Gasteiger partial charge in [0, 0.05) is 6.08 Å². The van der Waals surface area contributed by atoms with Crippen LogP contribution in [0.1, 0.15) is 6.42 Å². The van der Waals surface area contributed by atoms with Crippen LogP contribution < -0.4 is 0 Å². The number of ether oxygens (including phenoxy) is 2. The SMILES string of the molecule is O=C1C=COC(C(OC(F)F)C(F)F)C1. The second-order valence-corrected chi connectivity index (χ2v) is 2.84. The third-order valence-corrected chi connectivity index (χ3v) is 1.78. The van der Waals surface area contributed by atoms with Gasteiger partial charge in [0.2, 0.25) is 0 Å². The molecule has 0 amide bonds. The molecule has 1 aliphatic rings. The van der Waals surface area contributed by atoms with Crippen LogP contribution in [0.4, 0.5) is 17.6 Å². The zero-order valence-corrected chi connectivity index (χ0v) is 7.41. The number of halogens is 4. The molecule has 7 heteroatoms. The Labute approximate surface area is 82.6 Å². The summed E-state index contributed by atoms with van der Waals surface area (Å²) in [4.78, 5) is 10.8. The first kappa shape index (κ1) is 12.0. The minimum atomic E-state index is -3.33. The van der Waals surface area contributed by atoms with E-state index >= 15 is 0 Å². The highest BCUT2D eigenvalue weighted by molar-refractivity contribution is 5.90. The molecule has 0 radical (unpaired) electrons. The van der Waals surface area contributed by atoms with Crippen molar-refractivity contribution in [1.29, 1.82) is 0 Å². The molecule has 2 unspecified atom stereocenters. The van der Waals surface area contributed by atoms with Gasteiger partial charge in [-0.2, -0.15) is 8.78 Å². The van der Waals surface area contributed by atoms with Crippen LogP contribution in [0.3, 0.4) is 0 Å². The summed E-state index contributed by atoms with van der Waals surface area (Å²) in [7, 11) is 0. The van der Waals surface area contributed by atoms with E-state index in [1.54, 1.807) is 0 Å². The number of allylic oxidation sites excluding steroid dienone is 1. The zero-order valence-electron chi connectivity index (χ0n) is 7.41. The van der Waals surface area contributed by atoms with Gasteiger partial charge in [-0.15, -0.1) is 0 Å². The van der Waals surface area contributed by atoms with Gasteiger partial charge >= 0.3 is 6.61 Å². The van der Waals surface area contributed by atoms with Crippen molar-refractivity contribution in [3.05, 3.63) is 12.3 Å². The van der Waals surface area contributed by atoms with Crippen LogP contribution >= 0.6 is 0 Å². The Morgan fingerprint density at radius 1 is 1.40 bits per heavy atom. The van der Waals surface area contributed by atoms with Crippen molar-refractivity contribution in [1.82, 2.24) is 0 Å². The molecule has 1 heterocycles. The molecule has 0 aliphatic carbocycles. The lowest BCUT2D eigenvalue weighted by Gasteiger charge is -2.26. The number of ketones is 1. The van der Waals surface area contributed by atoms with E-state index in [0.29, 0.717) is 0 Å².